The maximum Gasteiger partial charge on any atom is 0.230 e. The van der Waals surface area contributed by atoms with Crippen LogP contribution >= 0.6 is 11.8 Å². The number of aromatic nitrogens is 3. The van der Waals surface area contributed by atoms with Gasteiger partial charge in [0, 0.05) is 5.56 Å². The number of nitrogens with one attached hydrogen (secondary N) is 1. The summed E-state index contributed by atoms with van der Waals surface area (Å²) in [5.74, 6) is 1.89. The number of nitrogens with zero attached hydrogens (tertiary/aromatic N) is 2. The molecule has 0 spiro atoms. The molecule has 0 unspecified atom stereocenters. The minimum atomic E-state index is -0.133. The van der Waals surface area contributed by atoms with Crippen LogP contribution in [0.15, 0.2) is 52.2 Å². The average molecular weight is 327 g/mol. The molecule has 0 bridgehead atoms. The molecule has 3 aromatic rings. The molecule has 0 aliphatic heterocycles. The van der Waals surface area contributed by atoms with Crippen LogP contribution in [0.2, 0.25) is 0 Å². The quantitative estimate of drug-likeness (QED) is 0.546. The van der Waals surface area contributed by atoms with Gasteiger partial charge in [-0.3, -0.25) is 4.79 Å². The minimum Gasteiger partial charge on any atom is -0.468 e. The van der Waals surface area contributed by atoms with Crippen molar-refractivity contribution in [2.75, 3.05) is 0 Å². The number of benzene rings is 1. The van der Waals surface area contributed by atoms with Gasteiger partial charge in [-0.05, 0) is 23.6 Å². The standard InChI is InChI=1S/C17H17N3O2S/c1-11(2)13-7-3-4-8-14(13)15(21)16-18-17(20-19-16)23-10-12-6-5-9-22-12/h3-9,11H,10H2,1-2H3,(H,18,19,20). The minimum absolute atomic E-state index is 0.133. The fourth-order valence-electron chi connectivity index (χ4n) is 2.28. The van der Waals surface area contributed by atoms with Crippen molar-refractivity contribution in [3.05, 3.63) is 65.4 Å². The SMILES string of the molecule is CC(C)c1ccccc1C(=O)c1nnc(SCc2ccco2)[nH]1. The molecule has 0 aliphatic rings. The molecule has 0 saturated heterocycles. The van der Waals surface area contributed by atoms with Crippen LogP contribution in [0.3, 0.4) is 0 Å². The van der Waals surface area contributed by atoms with Gasteiger partial charge >= 0.3 is 0 Å². The number of ketones is 1. The lowest BCUT2D eigenvalue weighted by Crippen LogP contribution is -2.08. The van der Waals surface area contributed by atoms with Gasteiger partial charge in [0.2, 0.25) is 11.6 Å². The van der Waals surface area contributed by atoms with Crippen LogP contribution in [-0.4, -0.2) is 21.0 Å². The smallest absolute Gasteiger partial charge is 0.230 e. The molecule has 5 nitrogen and oxygen atoms in total. The van der Waals surface area contributed by atoms with Crippen LogP contribution in [0, 0.1) is 0 Å². The molecular formula is C17H17N3O2S. The molecule has 0 fully saturated rings. The van der Waals surface area contributed by atoms with Gasteiger partial charge in [0.05, 0.1) is 12.0 Å². The van der Waals surface area contributed by atoms with Crippen LogP contribution in [-0.2, 0) is 5.75 Å². The lowest BCUT2D eigenvalue weighted by molar-refractivity contribution is 0.102. The molecule has 0 amide bonds. The van der Waals surface area contributed by atoms with Crippen molar-refractivity contribution in [1.82, 2.24) is 15.2 Å². The Hall–Kier alpha value is -2.34. The van der Waals surface area contributed by atoms with Gasteiger partial charge in [0.1, 0.15) is 5.76 Å². The van der Waals surface area contributed by atoms with Crippen LogP contribution in [0.4, 0.5) is 0 Å². The molecule has 1 aromatic carbocycles. The van der Waals surface area contributed by atoms with Gasteiger partial charge in [0.15, 0.2) is 5.16 Å². The topological polar surface area (TPSA) is 71.8 Å². The predicted molar refractivity (Wildman–Crippen MR) is 88.6 cm³/mol. The van der Waals surface area contributed by atoms with E-state index in [1.165, 1.54) is 11.8 Å². The van der Waals surface area contributed by atoms with Crippen LogP contribution in [0.25, 0.3) is 0 Å². The fraction of sp³-hybridized carbons (Fsp3) is 0.235. The molecule has 118 valence electrons. The number of hydrogen-bond donors (Lipinski definition) is 1. The van der Waals surface area contributed by atoms with E-state index in [-0.39, 0.29) is 17.5 Å². The van der Waals surface area contributed by atoms with Gasteiger partial charge in [-0.25, -0.2) is 0 Å². The highest BCUT2D eigenvalue weighted by atomic mass is 32.2. The van der Waals surface area contributed by atoms with E-state index in [2.05, 4.69) is 29.0 Å². The molecule has 2 heterocycles. The zero-order chi connectivity index (χ0) is 16.2. The Kier molecular flexibility index (Phi) is 4.62. The van der Waals surface area contributed by atoms with E-state index in [4.69, 9.17) is 4.42 Å². The lowest BCUT2D eigenvalue weighted by atomic mass is 9.94. The second kappa shape index (κ2) is 6.83. The van der Waals surface area contributed by atoms with Crippen molar-refractivity contribution in [2.24, 2.45) is 0 Å². The van der Waals surface area contributed by atoms with E-state index in [1.54, 1.807) is 6.26 Å². The van der Waals surface area contributed by atoms with Crippen molar-refractivity contribution in [3.8, 4) is 0 Å². The van der Waals surface area contributed by atoms with Crippen LogP contribution < -0.4 is 0 Å². The molecule has 0 radical (unpaired) electrons. The summed E-state index contributed by atoms with van der Waals surface area (Å²) in [6.07, 6.45) is 1.63. The van der Waals surface area contributed by atoms with E-state index >= 15 is 0 Å². The highest BCUT2D eigenvalue weighted by Gasteiger charge is 2.18. The van der Waals surface area contributed by atoms with Crippen molar-refractivity contribution < 1.29 is 9.21 Å². The van der Waals surface area contributed by atoms with Gasteiger partial charge in [-0.2, -0.15) is 0 Å². The molecule has 0 aliphatic carbocycles. The fourth-order valence-corrected chi connectivity index (χ4v) is 2.99. The number of aromatic amines is 1. The third-order valence-corrected chi connectivity index (χ3v) is 4.33. The van der Waals surface area contributed by atoms with Crippen LogP contribution in [0.5, 0.6) is 0 Å². The zero-order valence-corrected chi connectivity index (χ0v) is 13.8. The molecule has 23 heavy (non-hydrogen) atoms. The summed E-state index contributed by atoms with van der Waals surface area (Å²) in [5.41, 5.74) is 1.68. The Morgan fingerprint density at radius 3 is 2.78 bits per heavy atom. The summed E-state index contributed by atoms with van der Waals surface area (Å²) in [4.78, 5) is 15.6. The lowest BCUT2D eigenvalue weighted by Gasteiger charge is -2.10. The van der Waals surface area contributed by atoms with Gasteiger partial charge in [-0.1, -0.05) is 49.9 Å². The number of furan rings is 1. The van der Waals surface area contributed by atoms with Crippen molar-refractivity contribution in [2.45, 2.75) is 30.7 Å². The second-order valence-corrected chi connectivity index (χ2v) is 6.38. The number of carbonyl (C=O) groups excluding carboxylic acids is 1. The van der Waals surface area contributed by atoms with E-state index in [1.807, 2.05) is 36.4 Å². The molecule has 6 heteroatoms. The first-order chi connectivity index (χ1) is 11.1. The Labute approximate surface area is 138 Å². The van der Waals surface area contributed by atoms with E-state index in [9.17, 15) is 4.79 Å². The first kappa shape index (κ1) is 15.6. The zero-order valence-electron chi connectivity index (χ0n) is 12.9. The summed E-state index contributed by atoms with van der Waals surface area (Å²) >= 11 is 1.45. The van der Waals surface area contributed by atoms with Crippen molar-refractivity contribution >= 4 is 17.5 Å². The average Bonchev–Trinajstić information content (AvgIpc) is 3.23. The predicted octanol–water partition coefficient (Wildman–Crippen LogP) is 4.04. The van der Waals surface area contributed by atoms with Gasteiger partial charge < -0.3 is 9.40 Å². The number of rotatable bonds is 6. The summed E-state index contributed by atoms with van der Waals surface area (Å²) in [6, 6.07) is 11.3. The third kappa shape index (κ3) is 3.53. The highest BCUT2D eigenvalue weighted by molar-refractivity contribution is 7.98. The number of thioether (sulfide) groups is 1. The summed E-state index contributed by atoms with van der Waals surface area (Å²) < 4.78 is 5.27. The van der Waals surface area contributed by atoms with Gasteiger partial charge in [0.25, 0.3) is 0 Å². The normalized spacial score (nSPS) is 11.1. The highest BCUT2D eigenvalue weighted by Crippen LogP contribution is 2.23. The summed E-state index contributed by atoms with van der Waals surface area (Å²) in [5, 5.41) is 8.62. The molecular weight excluding hydrogens is 310 g/mol. The van der Waals surface area contributed by atoms with Crippen molar-refractivity contribution in [1.29, 1.82) is 0 Å². The molecule has 0 saturated carbocycles. The van der Waals surface area contributed by atoms with Gasteiger partial charge in [-0.15, -0.1) is 10.2 Å². The van der Waals surface area contributed by atoms with Crippen molar-refractivity contribution in [3.63, 3.8) is 0 Å². The second-order valence-electron chi connectivity index (χ2n) is 5.42. The monoisotopic (exact) mass is 327 g/mol. The first-order valence-electron chi connectivity index (χ1n) is 7.36. The molecule has 0 atom stereocenters. The maximum absolute atomic E-state index is 12.7. The number of H-pyrrole nitrogens is 1. The molecule has 3 rings (SSSR count). The van der Waals surface area contributed by atoms with E-state index in [0.717, 1.165) is 11.3 Å². The van der Waals surface area contributed by atoms with Crippen LogP contribution in [0.1, 0.15) is 47.3 Å². The Balaban J connectivity index is 1.76. The number of hydrogen-bond acceptors (Lipinski definition) is 5. The summed E-state index contributed by atoms with van der Waals surface area (Å²) in [7, 11) is 0. The molecule has 2 aromatic heterocycles. The Morgan fingerprint density at radius 1 is 1.22 bits per heavy atom. The molecule has 1 N–H and O–H groups in total. The van der Waals surface area contributed by atoms with E-state index in [0.29, 0.717) is 16.5 Å². The first-order valence-corrected chi connectivity index (χ1v) is 8.35. The Bertz CT molecular complexity index is 794. The van der Waals surface area contributed by atoms with E-state index < -0.39 is 0 Å². The Morgan fingerprint density at radius 2 is 2.04 bits per heavy atom. The summed E-state index contributed by atoms with van der Waals surface area (Å²) in [6.45, 7) is 4.13. The third-order valence-electron chi connectivity index (χ3n) is 3.44. The number of carbonyl (C=O) groups is 1. The largest absolute Gasteiger partial charge is 0.468 e. The maximum atomic E-state index is 12.7.